The van der Waals surface area contributed by atoms with Crippen LogP contribution in [0.4, 0.5) is 10.5 Å². The second-order valence-electron chi connectivity index (χ2n) is 7.88. The first-order chi connectivity index (χ1) is 13.7. The lowest BCUT2D eigenvalue weighted by Crippen LogP contribution is -2.38. The zero-order valence-electron chi connectivity index (χ0n) is 16.1. The minimum atomic E-state index is -0.257. The van der Waals surface area contributed by atoms with E-state index >= 15 is 0 Å². The van der Waals surface area contributed by atoms with Gasteiger partial charge in [0.15, 0.2) is 0 Å². The van der Waals surface area contributed by atoms with Crippen molar-refractivity contribution < 1.29 is 9.53 Å². The zero-order valence-corrected chi connectivity index (χ0v) is 16.9. The average Bonchev–Trinajstić information content (AvgIpc) is 3.09. The Hall–Kier alpha value is -2.04. The third-order valence-corrected chi connectivity index (χ3v) is 6.00. The number of carbonyl (C=O) groups is 1. The maximum Gasteiger partial charge on any atom is 0.414 e. The van der Waals surface area contributed by atoms with Crippen molar-refractivity contribution in [3.05, 3.63) is 65.2 Å². The van der Waals surface area contributed by atoms with E-state index in [-0.39, 0.29) is 12.2 Å². The highest BCUT2D eigenvalue weighted by atomic mass is 35.5. The molecule has 0 aliphatic carbocycles. The number of likely N-dealkylation sites (tertiary alicyclic amines) is 1. The average molecular weight is 399 g/mol. The summed E-state index contributed by atoms with van der Waals surface area (Å²) in [6, 6.07) is 18.1. The van der Waals surface area contributed by atoms with Crippen molar-refractivity contribution in [1.29, 1.82) is 0 Å². The molecule has 0 radical (unpaired) electrons. The fourth-order valence-corrected chi connectivity index (χ4v) is 4.42. The Morgan fingerprint density at radius 3 is 2.61 bits per heavy atom. The highest BCUT2D eigenvalue weighted by Gasteiger charge is 2.32. The maximum absolute atomic E-state index is 12.2. The van der Waals surface area contributed by atoms with Gasteiger partial charge in [-0.05, 0) is 68.0 Å². The van der Waals surface area contributed by atoms with Crippen molar-refractivity contribution in [3.63, 3.8) is 0 Å². The van der Waals surface area contributed by atoms with Crippen LogP contribution in [0, 0.1) is 5.92 Å². The van der Waals surface area contributed by atoms with Gasteiger partial charge in [-0.15, -0.1) is 0 Å². The van der Waals surface area contributed by atoms with Gasteiger partial charge >= 0.3 is 6.09 Å². The molecule has 2 aromatic carbocycles. The van der Waals surface area contributed by atoms with Crippen molar-refractivity contribution in [1.82, 2.24) is 4.90 Å². The molecule has 2 atom stereocenters. The molecule has 2 saturated heterocycles. The van der Waals surface area contributed by atoms with E-state index in [0.717, 1.165) is 38.2 Å². The summed E-state index contributed by atoms with van der Waals surface area (Å²) in [4.78, 5) is 16.5. The van der Waals surface area contributed by atoms with Crippen LogP contribution in [-0.4, -0.2) is 43.3 Å². The van der Waals surface area contributed by atoms with Crippen molar-refractivity contribution >= 4 is 23.4 Å². The van der Waals surface area contributed by atoms with Gasteiger partial charge in [0, 0.05) is 23.8 Å². The highest BCUT2D eigenvalue weighted by Crippen LogP contribution is 2.26. The minimum absolute atomic E-state index is 0.0438. The molecule has 2 aliphatic heterocycles. The normalized spacial score (nSPS) is 23.0. The van der Waals surface area contributed by atoms with E-state index < -0.39 is 0 Å². The Kier molecular flexibility index (Phi) is 6.18. The van der Waals surface area contributed by atoms with Crippen LogP contribution in [0.2, 0.25) is 5.02 Å². The molecule has 4 nitrogen and oxygen atoms in total. The Morgan fingerprint density at radius 1 is 1.04 bits per heavy atom. The second kappa shape index (κ2) is 8.97. The standard InChI is InChI=1S/C23H27ClN2O2/c24-20-8-10-21(11-9-20)26-17-22(28-23(26)27)12-14-25-13-4-7-19(16-25)15-18-5-2-1-3-6-18/h1-3,5-6,8-11,19,22H,4,7,12-17H2. The first kappa shape index (κ1) is 19.3. The summed E-state index contributed by atoms with van der Waals surface area (Å²) in [5, 5.41) is 0.669. The summed E-state index contributed by atoms with van der Waals surface area (Å²) in [5.41, 5.74) is 2.27. The molecule has 0 N–H and O–H groups in total. The Balaban J connectivity index is 1.26. The molecule has 2 aromatic rings. The molecule has 0 bridgehead atoms. The molecule has 4 rings (SSSR count). The number of benzene rings is 2. The zero-order chi connectivity index (χ0) is 19.3. The van der Waals surface area contributed by atoms with Crippen LogP contribution in [0.5, 0.6) is 0 Å². The van der Waals surface area contributed by atoms with Crippen LogP contribution >= 0.6 is 11.6 Å². The summed E-state index contributed by atoms with van der Waals surface area (Å²) >= 11 is 5.94. The van der Waals surface area contributed by atoms with E-state index in [1.165, 1.54) is 18.4 Å². The van der Waals surface area contributed by atoms with Crippen LogP contribution < -0.4 is 4.90 Å². The SMILES string of the molecule is O=C1OC(CCN2CCCC(Cc3ccccc3)C2)CN1c1ccc(Cl)cc1. The van der Waals surface area contributed by atoms with E-state index in [1.807, 2.05) is 12.1 Å². The molecule has 2 fully saturated rings. The number of cyclic esters (lactones) is 1. The summed E-state index contributed by atoms with van der Waals surface area (Å²) in [6.45, 7) is 3.88. The Morgan fingerprint density at radius 2 is 1.82 bits per heavy atom. The van der Waals surface area contributed by atoms with Gasteiger partial charge in [0.25, 0.3) is 0 Å². The number of hydrogen-bond acceptors (Lipinski definition) is 3. The molecule has 0 saturated carbocycles. The fourth-order valence-electron chi connectivity index (χ4n) is 4.30. The summed E-state index contributed by atoms with van der Waals surface area (Å²) in [7, 11) is 0. The predicted octanol–water partition coefficient (Wildman–Crippen LogP) is 5.01. The Bertz CT molecular complexity index is 781. The van der Waals surface area contributed by atoms with Gasteiger partial charge in [0.2, 0.25) is 0 Å². The van der Waals surface area contributed by atoms with Gasteiger partial charge < -0.3 is 9.64 Å². The van der Waals surface area contributed by atoms with Gasteiger partial charge in [-0.25, -0.2) is 4.79 Å². The topological polar surface area (TPSA) is 32.8 Å². The molecular formula is C23H27ClN2O2. The predicted molar refractivity (Wildman–Crippen MR) is 113 cm³/mol. The van der Waals surface area contributed by atoms with Crippen molar-refractivity contribution in [2.75, 3.05) is 31.1 Å². The van der Waals surface area contributed by atoms with E-state index in [9.17, 15) is 4.79 Å². The summed E-state index contributed by atoms with van der Waals surface area (Å²) < 4.78 is 5.60. The number of rotatable bonds is 6. The number of ether oxygens (including phenoxy) is 1. The van der Waals surface area contributed by atoms with Gasteiger partial charge in [0.1, 0.15) is 6.10 Å². The van der Waals surface area contributed by atoms with Gasteiger partial charge in [-0.1, -0.05) is 41.9 Å². The number of carbonyl (C=O) groups excluding carboxylic acids is 1. The third-order valence-electron chi connectivity index (χ3n) is 5.75. The van der Waals surface area contributed by atoms with E-state index in [4.69, 9.17) is 16.3 Å². The molecule has 2 unspecified atom stereocenters. The number of anilines is 1. The molecule has 5 heteroatoms. The Labute approximate surface area is 172 Å². The fraction of sp³-hybridized carbons (Fsp3) is 0.435. The van der Waals surface area contributed by atoms with E-state index in [1.54, 1.807) is 17.0 Å². The van der Waals surface area contributed by atoms with Crippen LogP contribution in [0.15, 0.2) is 54.6 Å². The van der Waals surface area contributed by atoms with E-state index in [0.29, 0.717) is 17.5 Å². The molecule has 0 aromatic heterocycles. The van der Waals surface area contributed by atoms with Gasteiger partial charge in [0.05, 0.1) is 6.54 Å². The molecule has 148 valence electrons. The monoisotopic (exact) mass is 398 g/mol. The largest absolute Gasteiger partial charge is 0.444 e. The number of nitrogens with zero attached hydrogens (tertiary/aromatic N) is 2. The lowest BCUT2D eigenvalue weighted by molar-refractivity contribution is 0.113. The quantitative estimate of drug-likeness (QED) is 0.685. The van der Waals surface area contributed by atoms with E-state index in [2.05, 4.69) is 35.2 Å². The van der Waals surface area contributed by atoms with Crippen LogP contribution in [0.25, 0.3) is 0 Å². The number of halogens is 1. The lowest BCUT2D eigenvalue weighted by Gasteiger charge is -2.33. The number of piperidine rings is 1. The van der Waals surface area contributed by atoms with Gasteiger partial charge in [-0.3, -0.25) is 4.90 Å². The molecule has 28 heavy (non-hydrogen) atoms. The maximum atomic E-state index is 12.2. The molecule has 1 amide bonds. The number of hydrogen-bond donors (Lipinski definition) is 0. The smallest absolute Gasteiger partial charge is 0.414 e. The molecule has 2 heterocycles. The number of amides is 1. The highest BCUT2D eigenvalue weighted by molar-refractivity contribution is 6.30. The third kappa shape index (κ3) is 4.86. The molecule has 2 aliphatic rings. The van der Waals surface area contributed by atoms with Crippen molar-refractivity contribution in [2.24, 2.45) is 5.92 Å². The van der Waals surface area contributed by atoms with Crippen LogP contribution in [-0.2, 0) is 11.2 Å². The second-order valence-corrected chi connectivity index (χ2v) is 8.32. The first-order valence-corrected chi connectivity index (χ1v) is 10.5. The first-order valence-electron chi connectivity index (χ1n) is 10.2. The molecular weight excluding hydrogens is 372 g/mol. The lowest BCUT2D eigenvalue weighted by atomic mass is 9.91. The van der Waals surface area contributed by atoms with Crippen molar-refractivity contribution in [3.8, 4) is 0 Å². The summed E-state index contributed by atoms with van der Waals surface area (Å²) in [5.74, 6) is 0.716. The van der Waals surface area contributed by atoms with Crippen molar-refractivity contribution in [2.45, 2.75) is 31.8 Å². The van der Waals surface area contributed by atoms with Crippen LogP contribution in [0.1, 0.15) is 24.8 Å². The minimum Gasteiger partial charge on any atom is -0.444 e. The molecule has 0 spiro atoms. The van der Waals surface area contributed by atoms with Gasteiger partial charge in [-0.2, -0.15) is 0 Å². The van der Waals surface area contributed by atoms with Crippen LogP contribution in [0.3, 0.4) is 0 Å². The summed E-state index contributed by atoms with van der Waals surface area (Å²) in [6.07, 6.45) is 4.28.